The van der Waals surface area contributed by atoms with Crippen LogP contribution in [0.1, 0.15) is 49.3 Å². The number of anilines is 2. The van der Waals surface area contributed by atoms with Crippen LogP contribution in [0.3, 0.4) is 0 Å². The van der Waals surface area contributed by atoms with Gasteiger partial charge in [0.05, 0.1) is 30.3 Å². The number of piperazine rings is 1. The number of alkyl halides is 3. The Labute approximate surface area is 209 Å². The maximum Gasteiger partial charge on any atom is 0.417 e. The molecule has 0 saturated carbocycles. The first-order chi connectivity index (χ1) is 17.3. The number of rotatable bonds is 5. The summed E-state index contributed by atoms with van der Waals surface area (Å²) in [6.07, 6.45) is -2.50. The van der Waals surface area contributed by atoms with Crippen LogP contribution in [0.15, 0.2) is 60.2 Å². The zero-order chi connectivity index (χ0) is 25.3. The Morgan fingerprint density at radius 1 is 1.06 bits per heavy atom. The highest BCUT2D eigenvalue weighted by atomic mass is 19.4. The number of nitrogens with one attached hydrogen (secondary N) is 3. The SMILES string of the molecule is CCC1CC(C)=C(Nc2cc(N3CCNCC3)[nH+]c(-c3ccccc3C(F)(F)F)n2)c2ccccc21. The summed E-state index contributed by atoms with van der Waals surface area (Å²) < 4.78 is 41.6. The van der Waals surface area contributed by atoms with E-state index in [1.807, 2.05) is 12.1 Å². The molecule has 1 aromatic heterocycles. The van der Waals surface area contributed by atoms with Crippen LogP contribution in [0.25, 0.3) is 17.1 Å². The van der Waals surface area contributed by atoms with Crippen molar-refractivity contribution in [3.05, 3.63) is 76.9 Å². The fourth-order valence-electron chi connectivity index (χ4n) is 5.23. The van der Waals surface area contributed by atoms with E-state index in [0.29, 0.717) is 11.7 Å². The summed E-state index contributed by atoms with van der Waals surface area (Å²) in [5.74, 6) is 1.91. The van der Waals surface area contributed by atoms with Crippen LogP contribution in [0.2, 0.25) is 0 Å². The predicted molar refractivity (Wildman–Crippen MR) is 137 cm³/mol. The fourth-order valence-corrected chi connectivity index (χ4v) is 5.23. The van der Waals surface area contributed by atoms with Crippen molar-refractivity contribution in [3.63, 3.8) is 0 Å². The van der Waals surface area contributed by atoms with E-state index in [2.05, 4.69) is 57.5 Å². The number of aromatic nitrogens is 2. The van der Waals surface area contributed by atoms with Crippen molar-refractivity contribution in [2.45, 2.75) is 38.8 Å². The minimum absolute atomic E-state index is 0.0332. The summed E-state index contributed by atoms with van der Waals surface area (Å²) in [5.41, 5.74) is 3.95. The van der Waals surface area contributed by atoms with Gasteiger partial charge in [-0.3, -0.25) is 4.90 Å². The van der Waals surface area contributed by atoms with Crippen LogP contribution in [0.5, 0.6) is 0 Å². The quantitative estimate of drug-likeness (QED) is 0.476. The molecule has 1 aliphatic heterocycles. The molecule has 1 fully saturated rings. The molecule has 0 bridgehead atoms. The first kappa shape index (κ1) is 24.3. The highest BCUT2D eigenvalue weighted by Crippen LogP contribution is 2.41. The van der Waals surface area contributed by atoms with Gasteiger partial charge < -0.3 is 10.6 Å². The van der Waals surface area contributed by atoms with Crippen LogP contribution in [0.4, 0.5) is 24.8 Å². The molecular formula is C28H31F3N5+. The molecule has 5 nitrogen and oxygen atoms in total. The average molecular weight is 495 g/mol. The summed E-state index contributed by atoms with van der Waals surface area (Å²) in [6, 6.07) is 15.8. The number of aromatic amines is 1. The molecule has 2 aliphatic rings. The second kappa shape index (κ2) is 9.93. The van der Waals surface area contributed by atoms with Crippen molar-refractivity contribution in [1.82, 2.24) is 10.3 Å². The molecule has 3 aromatic rings. The first-order valence-corrected chi connectivity index (χ1v) is 12.5. The van der Waals surface area contributed by atoms with Crippen molar-refractivity contribution >= 4 is 17.3 Å². The summed E-state index contributed by atoms with van der Waals surface area (Å²) in [7, 11) is 0. The molecule has 2 heterocycles. The number of allylic oxidation sites excluding steroid dienone is 1. The highest BCUT2D eigenvalue weighted by Gasteiger charge is 2.36. The van der Waals surface area contributed by atoms with Gasteiger partial charge in [0.2, 0.25) is 11.6 Å². The Bertz CT molecular complexity index is 1280. The van der Waals surface area contributed by atoms with Gasteiger partial charge in [0.1, 0.15) is 0 Å². The van der Waals surface area contributed by atoms with Crippen molar-refractivity contribution in [1.29, 1.82) is 0 Å². The van der Waals surface area contributed by atoms with E-state index >= 15 is 0 Å². The molecule has 2 aromatic carbocycles. The molecule has 0 amide bonds. The third kappa shape index (κ3) is 4.82. The first-order valence-electron chi connectivity index (χ1n) is 12.5. The molecule has 5 rings (SSSR count). The number of hydrogen-bond acceptors (Lipinski definition) is 4. The van der Waals surface area contributed by atoms with E-state index in [9.17, 15) is 13.2 Å². The Morgan fingerprint density at radius 3 is 2.47 bits per heavy atom. The lowest BCUT2D eigenvalue weighted by atomic mass is 9.80. The van der Waals surface area contributed by atoms with Crippen LogP contribution in [0, 0.1) is 0 Å². The van der Waals surface area contributed by atoms with Crippen LogP contribution >= 0.6 is 0 Å². The Balaban J connectivity index is 1.61. The lowest BCUT2D eigenvalue weighted by Crippen LogP contribution is -2.45. The summed E-state index contributed by atoms with van der Waals surface area (Å²) in [4.78, 5) is 10.0. The standard InChI is InChI=1S/C28H30F3N5/c1-3-19-16-18(2)26(21-9-5-4-8-20(19)21)33-24-17-25(36-14-12-32-13-15-36)35-27(34-24)22-10-6-7-11-23(22)28(29,30)31/h4-11,17,19,32H,3,12-16H2,1-2H3,(H,33,34,35)/p+1. The molecule has 1 atom stereocenters. The Kier molecular flexibility index (Phi) is 6.71. The van der Waals surface area contributed by atoms with Gasteiger partial charge in [0, 0.05) is 24.4 Å². The topological polar surface area (TPSA) is 54.3 Å². The monoisotopic (exact) mass is 494 g/mol. The van der Waals surface area contributed by atoms with Gasteiger partial charge in [-0.05, 0) is 49.0 Å². The number of H-pyrrole nitrogens is 1. The zero-order valence-electron chi connectivity index (χ0n) is 20.5. The molecule has 0 radical (unpaired) electrons. The van der Waals surface area contributed by atoms with E-state index in [0.717, 1.165) is 62.2 Å². The third-order valence-electron chi connectivity index (χ3n) is 7.09. The van der Waals surface area contributed by atoms with E-state index in [1.54, 1.807) is 6.07 Å². The largest absolute Gasteiger partial charge is 0.417 e. The van der Waals surface area contributed by atoms with Gasteiger partial charge in [-0.25, -0.2) is 4.98 Å². The van der Waals surface area contributed by atoms with E-state index in [4.69, 9.17) is 0 Å². The van der Waals surface area contributed by atoms with Crippen LogP contribution in [-0.4, -0.2) is 31.2 Å². The minimum Gasteiger partial charge on any atom is -0.326 e. The smallest absolute Gasteiger partial charge is 0.326 e. The number of fused-ring (bicyclic) bond motifs is 1. The predicted octanol–water partition coefficient (Wildman–Crippen LogP) is 5.73. The van der Waals surface area contributed by atoms with Gasteiger partial charge in [-0.15, -0.1) is 0 Å². The van der Waals surface area contributed by atoms with Crippen molar-refractivity contribution in [3.8, 4) is 11.4 Å². The fraction of sp³-hybridized carbons (Fsp3) is 0.357. The Morgan fingerprint density at radius 2 is 1.75 bits per heavy atom. The second-order valence-corrected chi connectivity index (χ2v) is 9.46. The van der Waals surface area contributed by atoms with Crippen molar-refractivity contribution in [2.24, 2.45) is 0 Å². The molecule has 1 saturated heterocycles. The molecule has 3 N–H and O–H groups in total. The van der Waals surface area contributed by atoms with Crippen LogP contribution in [-0.2, 0) is 6.18 Å². The lowest BCUT2D eigenvalue weighted by Gasteiger charge is -2.28. The lowest BCUT2D eigenvalue weighted by molar-refractivity contribution is -0.355. The maximum atomic E-state index is 13.9. The van der Waals surface area contributed by atoms with Gasteiger partial charge in [0.15, 0.2) is 0 Å². The Hall–Kier alpha value is -3.39. The molecule has 1 unspecified atom stereocenters. The van der Waals surface area contributed by atoms with Crippen LogP contribution < -0.4 is 20.5 Å². The van der Waals surface area contributed by atoms with E-state index < -0.39 is 11.7 Å². The summed E-state index contributed by atoms with van der Waals surface area (Å²) in [5, 5.41) is 6.83. The van der Waals surface area contributed by atoms with Gasteiger partial charge in [0.25, 0.3) is 5.82 Å². The van der Waals surface area contributed by atoms with Gasteiger partial charge in [-0.1, -0.05) is 48.3 Å². The second-order valence-electron chi connectivity index (χ2n) is 9.46. The van der Waals surface area contributed by atoms with E-state index in [1.165, 1.54) is 23.3 Å². The third-order valence-corrected chi connectivity index (χ3v) is 7.09. The molecule has 1 aliphatic carbocycles. The number of nitrogens with zero attached hydrogens (tertiary/aromatic N) is 2. The number of hydrogen-bond donors (Lipinski definition) is 2. The van der Waals surface area contributed by atoms with E-state index in [-0.39, 0.29) is 11.4 Å². The molecular weight excluding hydrogens is 463 g/mol. The van der Waals surface area contributed by atoms with Gasteiger partial charge >= 0.3 is 6.18 Å². The zero-order valence-corrected chi connectivity index (χ0v) is 20.5. The normalized spacial score (nSPS) is 18.2. The molecule has 188 valence electrons. The highest BCUT2D eigenvalue weighted by molar-refractivity contribution is 5.82. The minimum atomic E-state index is -4.48. The number of benzene rings is 2. The maximum absolute atomic E-state index is 13.9. The molecule has 36 heavy (non-hydrogen) atoms. The molecule has 0 spiro atoms. The average Bonchev–Trinajstić information content (AvgIpc) is 2.90. The summed E-state index contributed by atoms with van der Waals surface area (Å²) in [6.45, 7) is 7.44. The van der Waals surface area contributed by atoms with Crippen molar-refractivity contribution in [2.75, 3.05) is 36.4 Å². The number of halogens is 3. The van der Waals surface area contributed by atoms with Crippen molar-refractivity contribution < 1.29 is 18.2 Å². The van der Waals surface area contributed by atoms with Gasteiger partial charge in [-0.2, -0.15) is 13.2 Å². The molecule has 8 heteroatoms. The summed E-state index contributed by atoms with van der Waals surface area (Å²) >= 11 is 0.